The number of hydrogen-bond acceptors (Lipinski definition) is 2. The van der Waals surface area contributed by atoms with E-state index in [1.54, 1.807) is 18.2 Å². The molecule has 0 saturated heterocycles. The molecule has 0 bridgehead atoms. The molecule has 0 spiro atoms. The van der Waals surface area contributed by atoms with Crippen molar-refractivity contribution in [3.63, 3.8) is 0 Å². The molecule has 1 aliphatic rings. The Morgan fingerprint density at radius 1 is 0.929 bits per heavy atom. The predicted octanol–water partition coefficient (Wildman–Crippen LogP) is 7.19. The van der Waals surface area contributed by atoms with Crippen LogP contribution in [-0.2, 0) is 4.74 Å². The molecule has 0 N–H and O–H groups in total. The lowest BCUT2D eigenvalue weighted by Crippen LogP contribution is -2.24. The summed E-state index contributed by atoms with van der Waals surface area (Å²) in [5.74, 6) is -1.42. The van der Waals surface area contributed by atoms with Crippen LogP contribution in [0.1, 0.15) is 81.5 Å². The summed E-state index contributed by atoms with van der Waals surface area (Å²) >= 11 is 0. The number of fused-ring (bicyclic) bond motifs is 1. The molecule has 0 aliphatic heterocycles. The minimum atomic E-state index is -0.911. The normalized spacial score (nSPS) is 19.7. The van der Waals surface area contributed by atoms with E-state index in [9.17, 15) is 13.6 Å². The van der Waals surface area contributed by atoms with Crippen molar-refractivity contribution in [2.24, 2.45) is 5.92 Å². The van der Waals surface area contributed by atoms with E-state index in [2.05, 4.69) is 6.92 Å². The van der Waals surface area contributed by atoms with Gasteiger partial charge in [0.2, 0.25) is 0 Å². The second-order valence-electron chi connectivity index (χ2n) is 8.08. The highest BCUT2D eigenvalue weighted by Gasteiger charge is 2.24. The van der Waals surface area contributed by atoms with Gasteiger partial charge in [0.1, 0.15) is 6.10 Å². The Morgan fingerprint density at radius 3 is 2.32 bits per heavy atom. The standard InChI is InChI=1S/C24H30F2O2/c1-2-3-4-5-6-7-17-8-12-21(13-9-17)28-24(27)19-11-10-18-15-22(25)23(26)16-20(18)14-19/h10-11,14-17,21H,2-9,12-13H2,1H3. The summed E-state index contributed by atoms with van der Waals surface area (Å²) < 4.78 is 32.4. The highest BCUT2D eigenvalue weighted by molar-refractivity contribution is 5.95. The van der Waals surface area contributed by atoms with Crippen molar-refractivity contribution in [1.29, 1.82) is 0 Å². The van der Waals surface area contributed by atoms with Gasteiger partial charge in [-0.1, -0.05) is 51.5 Å². The Morgan fingerprint density at radius 2 is 1.61 bits per heavy atom. The van der Waals surface area contributed by atoms with Crippen LogP contribution < -0.4 is 0 Å². The van der Waals surface area contributed by atoms with Crippen LogP contribution in [0.4, 0.5) is 8.78 Å². The number of unbranched alkanes of at least 4 members (excludes halogenated alkanes) is 4. The molecule has 3 rings (SSSR count). The number of carbonyl (C=O) groups is 1. The molecule has 0 atom stereocenters. The maximum absolute atomic E-state index is 13.4. The molecule has 4 heteroatoms. The van der Waals surface area contributed by atoms with Crippen molar-refractivity contribution < 1.29 is 18.3 Å². The van der Waals surface area contributed by atoms with Crippen molar-refractivity contribution in [2.75, 3.05) is 0 Å². The highest BCUT2D eigenvalue weighted by Crippen LogP contribution is 2.31. The quantitative estimate of drug-likeness (QED) is 0.353. The molecule has 0 radical (unpaired) electrons. The van der Waals surface area contributed by atoms with Crippen LogP contribution in [0.5, 0.6) is 0 Å². The molecular weight excluding hydrogens is 358 g/mol. The molecule has 0 amide bonds. The topological polar surface area (TPSA) is 26.3 Å². The first kappa shape index (κ1) is 20.8. The molecule has 0 heterocycles. The number of ether oxygens (including phenoxy) is 1. The smallest absolute Gasteiger partial charge is 0.338 e. The lowest BCUT2D eigenvalue weighted by atomic mass is 9.84. The maximum atomic E-state index is 13.4. The molecule has 2 aromatic rings. The number of hydrogen-bond donors (Lipinski definition) is 0. The van der Waals surface area contributed by atoms with Crippen LogP contribution in [0, 0.1) is 17.6 Å². The Balaban J connectivity index is 1.48. The van der Waals surface area contributed by atoms with Gasteiger partial charge in [0.15, 0.2) is 11.6 Å². The number of halogens is 2. The Kier molecular flexibility index (Phi) is 7.41. The van der Waals surface area contributed by atoms with Gasteiger partial charge in [-0.05, 0) is 66.6 Å². The molecule has 152 valence electrons. The van der Waals surface area contributed by atoms with Crippen LogP contribution in [-0.4, -0.2) is 12.1 Å². The summed E-state index contributed by atoms with van der Waals surface area (Å²) in [5, 5.41) is 1.06. The molecular formula is C24H30F2O2. The Bertz CT molecular complexity index is 795. The summed E-state index contributed by atoms with van der Waals surface area (Å²) in [4.78, 5) is 12.5. The van der Waals surface area contributed by atoms with Gasteiger partial charge in [0.05, 0.1) is 5.56 Å². The molecule has 1 aliphatic carbocycles. The summed E-state index contributed by atoms with van der Waals surface area (Å²) in [6.45, 7) is 2.23. The first-order chi connectivity index (χ1) is 13.6. The van der Waals surface area contributed by atoms with E-state index in [1.807, 2.05) is 0 Å². The zero-order valence-corrected chi connectivity index (χ0v) is 16.7. The van der Waals surface area contributed by atoms with Crippen molar-refractivity contribution in [2.45, 2.75) is 77.2 Å². The van der Waals surface area contributed by atoms with Gasteiger partial charge < -0.3 is 4.74 Å². The predicted molar refractivity (Wildman–Crippen MR) is 108 cm³/mol. The molecule has 1 saturated carbocycles. The van der Waals surface area contributed by atoms with E-state index in [-0.39, 0.29) is 12.1 Å². The van der Waals surface area contributed by atoms with Gasteiger partial charge in [-0.2, -0.15) is 0 Å². The lowest BCUT2D eigenvalue weighted by Gasteiger charge is -2.28. The summed E-state index contributed by atoms with van der Waals surface area (Å²) in [6.07, 6.45) is 11.9. The zero-order chi connectivity index (χ0) is 19.9. The van der Waals surface area contributed by atoms with E-state index in [1.165, 1.54) is 38.5 Å². The van der Waals surface area contributed by atoms with Gasteiger partial charge in [-0.15, -0.1) is 0 Å². The maximum Gasteiger partial charge on any atom is 0.338 e. The van der Waals surface area contributed by atoms with Gasteiger partial charge >= 0.3 is 5.97 Å². The fourth-order valence-electron chi connectivity index (χ4n) is 4.16. The van der Waals surface area contributed by atoms with Gasteiger partial charge in [-0.25, -0.2) is 13.6 Å². The minimum absolute atomic E-state index is 0.0375. The third kappa shape index (κ3) is 5.52. The van der Waals surface area contributed by atoms with Gasteiger partial charge in [-0.3, -0.25) is 0 Å². The number of rotatable bonds is 8. The van der Waals surface area contributed by atoms with Gasteiger partial charge in [0.25, 0.3) is 0 Å². The molecule has 2 nitrogen and oxygen atoms in total. The van der Waals surface area contributed by atoms with Crippen LogP contribution in [0.3, 0.4) is 0 Å². The first-order valence-corrected chi connectivity index (χ1v) is 10.7. The number of benzene rings is 2. The van der Waals surface area contributed by atoms with E-state index in [4.69, 9.17) is 4.74 Å². The van der Waals surface area contributed by atoms with E-state index < -0.39 is 11.6 Å². The Hall–Kier alpha value is -1.97. The first-order valence-electron chi connectivity index (χ1n) is 10.7. The fraction of sp³-hybridized carbons (Fsp3) is 0.542. The van der Waals surface area contributed by atoms with Crippen LogP contribution in [0.25, 0.3) is 10.8 Å². The van der Waals surface area contributed by atoms with Crippen molar-refractivity contribution >= 4 is 16.7 Å². The van der Waals surface area contributed by atoms with Crippen molar-refractivity contribution in [3.8, 4) is 0 Å². The average Bonchev–Trinajstić information content (AvgIpc) is 2.69. The molecule has 28 heavy (non-hydrogen) atoms. The summed E-state index contributed by atoms with van der Waals surface area (Å²) in [5.41, 5.74) is 0.386. The van der Waals surface area contributed by atoms with E-state index in [0.717, 1.165) is 43.7 Å². The SMILES string of the molecule is CCCCCCCC1CCC(OC(=O)c2ccc3cc(F)c(F)cc3c2)CC1. The lowest BCUT2D eigenvalue weighted by molar-refractivity contribution is 0.0161. The van der Waals surface area contributed by atoms with Gasteiger partial charge in [0, 0.05) is 0 Å². The van der Waals surface area contributed by atoms with E-state index in [0.29, 0.717) is 16.3 Å². The Labute approximate surface area is 166 Å². The van der Waals surface area contributed by atoms with Crippen molar-refractivity contribution in [3.05, 3.63) is 47.5 Å². The molecule has 2 aromatic carbocycles. The molecule has 0 aromatic heterocycles. The van der Waals surface area contributed by atoms with Crippen molar-refractivity contribution in [1.82, 2.24) is 0 Å². The summed E-state index contributed by atoms with van der Waals surface area (Å²) in [7, 11) is 0. The summed E-state index contributed by atoms with van der Waals surface area (Å²) in [6, 6.07) is 7.08. The van der Waals surface area contributed by atoms with Crippen LogP contribution >= 0.6 is 0 Å². The number of carbonyl (C=O) groups excluding carboxylic acids is 1. The van der Waals surface area contributed by atoms with E-state index >= 15 is 0 Å². The third-order valence-corrected chi connectivity index (χ3v) is 5.90. The minimum Gasteiger partial charge on any atom is -0.459 e. The molecule has 0 unspecified atom stereocenters. The average molecular weight is 388 g/mol. The second-order valence-corrected chi connectivity index (χ2v) is 8.08. The molecule has 1 fully saturated rings. The van der Waals surface area contributed by atoms with Crippen LogP contribution in [0.2, 0.25) is 0 Å². The monoisotopic (exact) mass is 388 g/mol. The largest absolute Gasteiger partial charge is 0.459 e. The zero-order valence-electron chi connectivity index (χ0n) is 16.7. The fourth-order valence-corrected chi connectivity index (χ4v) is 4.16. The number of esters is 1. The second kappa shape index (κ2) is 9.99. The highest BCUT2D eigenvalue weighted by atomic mass is 19.2. The third-order valence-electron chi connectivity index (χ3n) is 5.90. The van der Waals surface area contributed by atoms with Crippen LogP contribution in [0.15, 0.2) is 30.3 Å².